The molecule has 11 heteroatoms. The van der Waals surface area contributed by atoms with Crippen molar-refractivity contribution in [1.82, 2.24) is 10.2 Å². The first-order valence-electron chi connectivity index (χ1n) is 9.54. The van der Waals surface area contributed by atoms with Crippen LogP contribution in [0.25, 0.3) is 0 Å². The van der Waals surface area contributed by atoms with Gasteiger partial charge in [0, 0.05) is 34.2 Å². The third kappa shape index (κ3) is 6.28. The van der Waals surface area contributed by atoms with Crippen LogP contribution in [0, 0.1) is 6.92 Å². The lowest BCUT2D eigenvalue weighted by Gasteiger charge is -2.32. The summed E-state index contributed by atoms with van der Waals surface area (Å²) in [6.07, 6.45) is 1.01. The van der Waals surface area contributed by atoms with Gasteiger partial charge in [-0.3, -0.25) is 13.9 Å². The average molecular weight is 521 g/mol. The largest absolute Gasteiger partial charge is 0.357 e. The fourth-order valence-corrected chi connectivity index (χ4v) is 4.79. The molecule has 0 aliphatic rings. The molecule has 0 spiro atoms. The molecule has 0 fully saturated rings. The molecule has 1 atom stereocenters. The number of hydrogen-bond acceptors (Lipinski definition) is 4. The third-order valence-electron chi connectivity index (χ3n) is 4.91. The summed E-state index contributed by atoms with van der Waals surface area (Å²) in [6.45, 7) is 2.63. The van der Waals surface area contributed by atoms with Crippen LogP contribution in [0.5, 0.6) is 0 Å². The van der Waals surface area contributed by atoms with Crippen LogP contribution >= 0.6 is 34.8 Å². The van der Waals surface area contributed by atoms with Crippen LogP contribution in [0.4, 0.5) is 5.69 Å². The number of rotatable bonds is 8. The Morgan fingerprint density at radius 3 is 2.19 bits per heavy atom. The van der Waals surface area contributed by atoms with E-state index < -0.39 is 34.4 Å². The number of benzene rings is 2. The summed E-state index contributed by atoms with van der Waals surface area (Å²) in [5.41, 5.74) is 1.35. The van der Waals surface area contributed by atoms with Gasteiger partial charge in [0.1, 0.15) is 12.6 Å². The molecule has 0 saturated carbocycles. The highest BCUT2D eigenvalue weighted by Crippen LogP contribution is 2.28. The molecular formula is C21H24Cl3N3O4S. The Bertz CT molecular complexity index is 1110. The summed E-state index contributed by atoms with van der Waals surface area (Å²) >= 11 is 18.5. The molecule has 0 unspecified atom stereocenters. The van der Waals surface area contributed by atoms with Crippen molar-refractivity contribution in [1.29, 1.82) is 0 Å². The topological polar surface area (TPSA) is 86.8 Å². The van der Waals surface area contributed by atoms with Gasteiger partial charge in [0.05, 0.1) is 11.9 Å². The highest BCUT2D eigenvalue weighted by molar-refractivity contribution is 7.92. The van der Waals surface area contributed by atoms with Crippen LogP contribution in [0.1, 0.15) is 18.1 Å². The number of amides is 2. The Morgan fingerprint density at radius 2 is 1.69 bits per heavy atom. The lowest BCUT2D eigenvalue weighted by atomic mass is 10.1. The molecule has 0 heterocycles. The van der Waals surface area contributed by atoms with E-state index in [-0.39, 0.29) is 6.54 Å². The summed E-state index contributed by atoms with van der Waals surface area (Å²) in [5.74, 6) is -1.02. The minimum atomic E-state index is -3.83. The Labute approximate surface area is 203 Å². The predicted molar refractivity (Wildman–Crippen MR) is 129 cm³/mol. The van der Waals surface area contributed by atoms with Crippen LogP contribution in [-0.2, 0) is 26.2 Å². The second-order valence-corrected chi connectivity index (χ2v) is 10.4. The van der Waals surface area contributed by atoms with Gasteiger partial charge in [0.15, 0.2) is 0 Å². The van der Waals surface area contributed by atoms with Crippen LogP contribution in [0.3, 0.4) is 0 Å². The molecule has 32 heavy (non-hydrogen) atoms. The number of nitrogens with zero attached hydrogens (tertiary/aromatic N) is 2. The van der Waals surface area contributed by atoms with Crippen LogP contribution in [0.15, 0.2) is 36.4 Å². The molecule has 0 aromatic heterocycles. The molecular weight excluding hydrogens is 497 g/mol. The Balaban J connectivity index is 2.47. The van der Waals surface area contributed by atoms with Gasteiger partial charge < -0.3 is 10.2 Å². The summed E-state index contributed by atoms with van der Waals surface area (Å²) in [6, 6.07) is 8.68. The zero-order valence-corrected chi connectivity index (χ0v) is 21.1. The van der Waals surface area contributed by atoms with Gasteiger partial charge in [-0.25, -0.2) is 8.42 Å². The van der Waals surface area contributed by atoms with Crippen LogP contribution in [0.2, 0.25) is 15.1 Å². The molecule has 2 amide bonds. The minimum Gasteiger partial charge on any atom is -0.357 e. The average Bonchev–Trinajstić information content (AvgIpc) is 2.70. The number of halogens is 3. The lowest BCUT2D eigenvalue weighted by Crippen LogP contribution is -2.50. The fraction of sp³-hybridized carbons (Fsp3) is 0.333. The summed E-state index contributed by atoms with van der Waals surface area (Å²) in [7, 11) is -2.38. The molecule has 1 N–H and O–H groups in total. The van der Waals surface area contributed by atoms with Gasteiger partial charge in [0.25, 0.3) is 0 Å². The summed E-state index contributed by atoms with van der Waals surface area (Å²) in [4.78, 5) is 27.0. The standard InChI is InChI=1S/C21H24Cl3N3O4S/c1-13-10-15(22)8-9-19(13)27(32(4,30)31)12-20(28)26(14(2)21(29)25-3)11-16-17(23)6-5-7-18(16)24/h5-10,14H,11-12H2,1-4H3,(H,25,29)/t14-/m0/s1. The zero-order chi connectivity index (χ0) is 24.2. The molecule has 0 bridgehead atoms. The molecule has 2 rings (SSSR count). The first-order valence-corrected chi connectivity index (χ1v) is 12.5. The van der Waals surface area contributed by atoms with Crippen molar-refractivity contribution in [2.75, 3.05) is 24.2 Å². The smallest absolute Gasteiger partial charge is 0.244 e. The lowest BCUT2D eigenvalue weighted by molar-refractivity contribution is -0.139. The Morgan fingerprint density at radius 1 is 1.09 bits per heavy atom. The first-order chi connectivity index (χ1) is 14.9. The molecule has 2 aromatic carbocycles. The van der Waals surface area contributed by atoms with E-state index in [4.69, 9.17) is 34.8 Å². The molecule has 0 radical (unpaired) electrons. The van der Waals surface area contributed by atoms with Crippen molar-refractivity contribution in [3.05, 3.63) is 62.6 Å². The normalized spacial score (nSPS) is 12.2. The van der Waals surface area contributed by atoms with Gasteiger partial charge in [-0.15, -0.1) is 0 Å². The quantitative estimate of drug-likeness (QED) is 0.572. The summed E-state index contributed by atoms with van der Waals surface area (Å²) < 4.78 is 26.1. The van der Waals surface area contributed by atoms with E-state index in [1.165, 1.54) is 18.0 Å². The molecule has 0 aliphatic heterocycles. The van der Waals surface area contributed by atoms with E-state index in [1.807, 2.05) is 0 Å². The van der Waals surface area contributed by atoms with Gasteiger partial charge >= 0.3 is 0 Å². The maximum atomic E-state index is 13.4. The van der Waals surface area contributed by atoms with Crippen molar-refractivity contribution >= 4 is 62.3 Å². The van der Waals surface area contributed by atoms with E-state index in [2.05, 4.69) is 5.32 Å². The zero-order valence-electron chi connectivity index (χ0n) is 18.0. The van der Waals surface area contributed by atoms with Crippen molar-refractivity contribution in [2.45, 2.75) is 26.4 Å². The Hall–Kier alpha value is -2.00. The Kier molecular flexibility index (Phi) is 8.82. The van der Waals surface area contributed by atoms with E-state index in [0.717, 1.165) is 10.6 Å². The van der Waals surface area contributed by atoms with E-state index in [0.29, 0.717) is 31.9 Å². The fourth-order valence-electron chi connectivity index (χ4n) is 3.14. The number of carbonyl (C=O) groups excluding carboxylic acids is 2. The number of anilines is 1. The number of likely N-dealkylation sites (N-methyl/N-ethyl adjacent to an activating group) is 1. The molecule has 7 nitrogen and oxygen atoms in total. The van der Waals surface area contributed by atoms with E-state index in [1.54, 1.807) is 44.2 Å². The monoisotopic (exact) mass is 519 g/mol. The molecule has 0 aliphatic carbocycles. The SMILES string of the molecule is CNC(=O)[C@H](C)N(Cc1c(Cl)cccc1Cl)C(=O)CN(c1ccc(Cl)cc1C)S(C)(=O)=O. The summed E-state index contributed by atoms with van der Waals surface area (Å²) in [5, 5.41) is 3.59. The predicted octanol–water partition coefficient (Wildman–Crippen LogP) is 3.88. The van der Waals surface area contributed by atoms with Crippen LogP contribution in [-0.4, -0.2) is 51.0 Å². The second-order valence-electron chi connectivity index (χ2n) is 7.21. The van der Waals surface area contributed by atoms with Crippen molar-refractivity contribution in [2.24, 2.45) is 0 Å². The highest BCUT2D eigenvalue weighted by atomic mass is 35.5. The minimum absolute atomic E-state index is 0.0802. The number of hydrogen-bond donors (Lipinski definition) is 1. The first kappa shape index (κ1) is 26.3. The number of aryl methyl sites for hydroxylation is 1. The molecule has 0 saturated heterocycles. The van der Waals surface area contributed by atoms with Crippen molar-refractivity contribution < 1.29 is 18.0 Å². The van der Waals surface area contributed by atoms with Gasteiger partial charge in [-0.2, -0.15) is 0 Å². The van der Waals surface area contributed by atoms with E-state index >= 15 is 0 Å². The van der Waals surface area contributed by atoms with Gasteiger partial charge in [-0.05, 0) is 49.7 Å². The number of sulfonamides is 1. The number of carbonyl (C=O) groups is 2. The maximum Gasteiger partial charge on any atom is 0.244 e. The van der Waals surface area contributed by atoms with E-state index in [9.17, 15) is 18.0 Å². The maximum absolute atomic E-state index is 13.4. The number of nitrogens with one attached hydrogen (secondary N) is 1. The van der Waals surface area contributed by atoms with Crippen molar-refractivity contribution in [3.8, 4) is 0 Å². The van der Waals surface area contributed by atoms with Crippen molar-refractivity contribution in [3.63, 3.8) is 0 Å². The molecule has 174 valence electrons. The van der Waals surface area contributed by atoms with Crippen LogP contribution < -0.4 is 9.62 Å². The highest BCUT2D eigenvalue weighted by Gasteiger charge is 2.31. The van der Waals surface area contributed by atoms with Gasteiger partial charge in [-0.1, -0.05) is 40.9 Å². The third-order valence-corrected chi connectivity index (χ3v) is 6.98. The molecule has 2 aromatic rings. The van der Waals surface area contributed by atoms with Gasteiger partial charge in [0.2, 0.25) is 21.8 Å². The second kappa shape index (κ2) is 10.7.